The minimum Gasteiger partial charge on any atom is -0.487 e. The zero-order chi connectivity index (χ0) is 20.5. The summed E-state index contributed by atoms with van der Waals surface area (Å²) in [5, 5.41) is 2.25. The first-order valence-electron chi connectivity index (χ1n) is 10.5. The second-order valence-electron chi connectivity index (χ2n) is 7.71. The molecule has 5 heteroatoms. The van der Waals surface area contributed by atoms with Gasteiger partial charge < -0.3 is 14.5 Å². The molecule has 2 aromatic carbocycles. The third-order valence-electron chi connectivity index (χ3n) is 5.79. The summed E-state index contributed by atoms with van der Waals surface area (Å²) in [6.45, 7) is 2.67. The van der Waals surface area contributed by atoms with Gasteiger partial charge in [-0.3, -0.25) is 4.79 Å². The molecule has 1 unspecified atom stereocenters. The molecule has 0 spiro atoms. The van der Waals surface area contributed by atoms with Crippen molar-refractivity contribution < 1.29 is 14.3 Å². The standard InChI is InChI=1S/C25H24N2O3/c1-2-29-25(28)20-8-5-7-19-21-14-18(12-13-23(21)27-24(19)20)30-15-17-11-10-16-6-3-4-9-22(16)26-17/h3-4,6,9-14,20,27H,2,5,7-8,15H2,1H3. The number of ether oxygens (including phenoxy) is 2. The summed E-state index contributed by atoms with van der Waals surface area (Å²) in [6, 6.07) is 18.2. The summed E-state index contributed by atoms with van der Waals surface area (Å²) in [6.07, 6.45) is 2.77. The zero-order valence-corrected chi connectivity index (χ0v) is 17.0. The molecule has 0 bridgehead atoms. The van der Waals surface area contributed by atoms with Crippen molar-refractivity contribution in [1.82, 2.24) is 9.97 Å². The highest BCUT2D eigenvalue weighted by molar-refractivity contribution is 5.89. The maximum atomic E-state index is 12.4. The van der Waals surface area contributed by atoms with Gasteiger partial charge in [0.25, 0.3) is 0 Å². The van der Waals surface area contributed by atoms with Gasteiger partial charge in [0.15, 0.2) is 0 Å². The van der Waals surface area contributed by atoms with Gasteiger partial charge >= 0.3 is 5.97 Å². The van der Waals surface area contributed by atoms with E-state index in [0.717, 1.165) is 58.2 Å². The Morgan fingerprint density at radius 1 is 1.17 bits per heavy atom. The number of carbonyl (C=O) groups is 1. The fourth-order valence-electron chi connectivity index (χ4n) is 4.36. The molecule has 0 fully saturated rings. The van der Waals surface area contributed by atoms with E-state index < -0.39 is 0 Å². The Morgan fingerprint density at radius 3 is 2.97 bits per heavy atom. The molecule has 1 N–H and O–H groups in total. The van der Waals surface area contributed by atoms with Crippen molar-refractivity contribution in [2.24, 2.45) is 0 Å². The van der Waals surface area contributed by atoms with Gasteiger partial charge in [-0.1, -0.05) is 24.3 Å². The molecule has 0 aliphatic heterocycles. The van der Waals surface area contributed by atoms with Gasteiger partial charge in [0, 0.05) is 22.0 Å². The molecular formula is C25H24N2O3. The molecular weight excluding hydrogens is 376 g/mol. The van der Waals surface area contributed by atoms with Crippen molar-refractivity contribution in [2.75, 3.05) is 6.61 Å². The average molecular weight is 400 g/mol. The Balaban J connectivity index is 1.40. The highest BCUT2D eigenvalue weighted by Gasteiger charge is 2.30. The second kappa shape index (κ2) is 7.82. The fraction of sp³-hybridized carbons (Fsp3) is 0.280. The summed E-state index contributed by atoms with van der Waals surface area (Å²) in [5.41, 5.74) is 5.12. The molecule has 1 atom stereocenters. The van der Waals surface area contributed by atoms with Crippen LogP contribution in [0.1, 0.15) is 42.6 Å². The second-order valence-corrected chi connectivity index (χ2v) is 7.71. The van der Waals surface area contributed by atoms with E-state index in [-0.39, 0.29) is 11.9 Å². The Kier molecular flexibility index (Phi) is 4.87. The van der Waals surface area contributed by atoms with Crippen molar-refractivity contribution in [3.8, 4) is 5.75 Å². The molecule has 2 heterocycles. The predicted molar refractivity (Wildman–Crippen MR) is 117 cm³/mol. The number of aromatic amines is 1. The van der Waals surface area contributed by atoms with E-state index in [1.165, 1.54) is 5.56 Å². The van der Waals surface area contributed by atoms with Crippen molar-refractivity contribution in [3.05, 3.63) is 71.5 Å². The topological polar surface area (TPSA) is 64.2 Å². The number of hydrogen-bond acceptors (Lipinski definition) is 4. The highest BCUT2D eigenvalue weighted by atomic mass is 16.5. The highest BCUT2D eigenvalue weighted by Crippen LogP contribution is 2.38. The van der Waals surface area contributed by atoms with Crippen LogP contribution in [0.5, 0.6) is 5.75 Å². The van der Waals surface area contributed by atoms with E-state index in [9.17, 15) is 4.79 Å². The molecule has 1 aliphatic rings. The Hall–Kier alpha value is -3.34. The summed E-state index contributed by atoms with van der Waals surface area (Å²) in [7, 11) is 0. The van der Waals surface area contributed by atoms with Gasteiger partial charge in [0.05, 0.1) is 23.7 Å². The van der Waals surface area contributed by atoms with Crippen LogP contribution in [0.4, 0.5) is 0 Å². The number of para-hydroxylation sites is 1. The minimum absolute atomic E-state index is 0.135. The molecule has 5 rings (SSSR count). The molecule has 0 saturated heterocycles. The lowest BCUT2D eigenvalue weighted by Gasteiger charge is -2.20. The molecule has 2 aromatic heterocycles. The van der Waals surface area contributed by atoms with Crippen molar-refractivity contribution in [1.29, 1.82) is 0 Å². The lowest BCUT2D eigenvalue weighted by Crippen LogP contribution is -2.20. The van der Waals surface area contributed by atoms with Gasteiger partial charge in [-0.2, -0.15) is 0 Å². The zero-order valence-electron chi connectivity index (χ0n) is 17.0. The van der Waals surface area contributed by atoms with E-state index in [2.05, 4.69) is 28.2 Å². The Morgan fingerprint density at radius 2 is 2.07 bits per heavy atom. The normalized spacial score (nSPS) is 15.8. The number of pyridine rings is 1. The van der Waals surface area contributed by atoms with Gasteiger partial charge in [-0.15, -0.1) is 0 Å². The molecule has 5 nitrogen and oxygen atoms in total. The van der Waals surface area contributed by atoms with Crippen LogP contribution in [-0.4, -0.2) is 22.5 Å². The number of rotatable bonds is 5. The fourth-order valence-corrected chi connectivity index (χ4v) is 4.36. The molecule has 0 saturated carbocycles. The van der Waals surface area contributed by atoms with Gasteiger partial charge in [-0.25, -0.2) is 4.98 Å². The number of fused-ring (bicyclic) bond motifs is 4. The van der Waals surface area contributed by atoms with Gasteiger partial charge in [0.1, 0.15) is 12.4 Å². The van der Waals surface area contributed by atoms with Crippen LogP contribution < -0.4 is 4.74 Å². The monoisotopic (exact) mass is 400 g/mol. The SMILES string of the molecule is CCOC(=O)C1CCCc2c1[nH]c1ccc(OCc3ccc4ccccc4n3)cc21. The minimum atomic E-state index is -0.202. The predicted octanol–water partition coefficient (Wildman–Crippen LogP) is 5.28. The number of carbonyl (C=O) groups excluding carboxylic acids is 1. The third-order valence-corrected chi connectivity index (χ3v) is 5.79. The molecule has 0 amide bonds. The molecule has 30 heavy (non-hydrogen) atoms. The van der Waals surface area contributed by atoms with Crippen molar-refractivity contribution in [2.45, 2.75) is 38.7 Å². The lowest BCUT2D eigenvalue weighted by atomic mass is 9.87. The van der Waals surface area contributed by atoms with E-state index in [0.29, 0.717) is 13.2 Å². The van der Waals surface area contributed by atoms with Crippen LogP contribution in [0.15, 0.2) is 54.6 Å². The van der Waals surface area contributed by atoms with E-state index in [1.54, 1.807) is 0 Å². The quantitative estimate of drug-likeness (QED) is 0.463. The summed E-state index contributed by atoms with van der Waals surface area (Å²) >= 11 is 0. The third kappa shape index (κ3) is 3.41. The summed E-state index contributed by atoms with van der Waals surface area (Å²) in [4.78, 5) is 20.5. The number of nitrogens with one attached hydrogen (secondary N) is 1. The van der Waals surface area contributed by atoms with Crippen LogP contribution >= 0.6 is 0 Å². The number of H-pyrrole nitrogens is 1. The Bertz CT molecular complexity index is 1230. The first kappa shape index (κ1) is 18.7. The lowest BCUT2D eigenvalue weighted by molar-refractivity contribution is -0.145. The van der Waals surface area contributed by atoms with Crippen LogP contribution in [0.25, 0.3) is 21.8 Å². The summed E-state index contributed by atoms with van der Waals surface area (Å²) < 4.78 is 11.3. The van der Waals surface area contributed by atoms with Crippen LogP contribution in [0.3, 0.4) is 0 Å². The average Bonchev–Trinajstić information content (AvgIpc) is 3.15. The number of aryl methyl sites for hydroxylation is 1. The number of esters is 1. The van der Waals surface area contributed by atoms with Gasteiger partial charge in [-0.05, 0) is 62.1 Å². The van der Waals surface area contributed by atoms with Crippen LogP contribution in [0.2, 0.25) is 0 Å². The largest absolute Gasteiger partial charge is 0.487 e. The Labute approximate surface area is 175 Å². The van der Waals surface area contributed by atoms with E-state index >= 15 is 0 Å². The maximum absolute atomic E-state index is 12.4. The first-order valence-corrected chi connectivity index (χ1v) is 10.5. The smallest absolute Gasteiger partial charge is 0.314 e. The molecule has 4 aromatic rings. The van der Waals surface area contributed by atoms with Crippen molar-refractivity contribution >= 4 is 27.8 Å². The van der Waals surface area contributed by atoms with Crippen LogP contribution in [0, 0.1) is 0 Å². The maximum Gasteiger partial charge on any atom is 0.314 e. The van der Waals surface area contributed by atoms with Gasteiger partial charge in [0.2, 0.25) is 0 Å². The first-order chi connectivity index (χ1) is 14.7. The number of nitrogens with zero attached hydrogens (tertiary/aromatic N) is 1. The van der Waals surface area contributed by atoms with E-state index in [4.69, 9.17) is 9.47 Å². The van der Waals surface area contributed by atoms with E-state index in [1.807, 2.05) is 43.3 Å². The van der Waals surface area contributed by atoms with Crippen LogP contribution in [-0.2, 0) is 22.6 Å². The number of aromatic nitrogens is 2. The molecule has 152 valence electrons. The number of benzene rings is 2. The van der Waals surface area contributed by atoms with Crippen molar-refractivity contribution in [3.63, 3.8) is 0 Å². The number of hydrogen-bond donors (Lipinski definition) is 1. The summed E-state index contributed by atoms with van der Waals surface area (Å²) in [5.74, 6) is 0.466. The molecule has 0 radical (unpaired) electrons. The molecule has 1 aliphatic carbocycles.